The maximum atomic E-state index is 11.8. The number of halogens is 1. The Labute approximate surface area is 138 Å². The van der Waals surface area contributed by atoms with E-state index in [4.69, 9.17) is 9.84 Å². The molecule has 2 N–H and O–H groups in total. The Bertz CT molecular complexity index is 531. The molecule has 0 spiro atoms. The van der Waals surface area contributed by atoms with Crippen LogP contribution in [-0.4, -0.2) is 29.6 Å². The highest BCUT2D eigenvalue weighted by atomic mass is 79.9. The van der Waals surface area contributed by atoms with E-state index in [1.165, 1.54) is 0 Å². The lowest BCUT2D eigenvalue weighted by Crippen LogP contribution is -2.41. The number of benzene rings is 1. The van der Waals surface area contributed by atoms with Crippen LogP contribution in [0.2, 0.25) is 0 Å². The first-order valence-electron chi connectivity index (χ1n) is 7.45. The molecule has 1 amide bonds. The monoisotopic (exact) mass is 369 g/mol. The van der Waals surface area contributed by atoms with Crippen LogP contribution in [0, 0.1) is 5.92 Å². The molecule has 0 heterocycles. The van der Waals surface area contributed by atoms with Gasteiger partial charge >= 0.3 is 5.97 Å². The normalized spacial score (nSPS) is 15.1. The average molecular weight is 370 g/mol. The van der Waals surface area contributed by atoms with Gasteiger partial charge in [-0.25, -0.2) is 4.79 Å². The van der Waals surface area contributed by atoms with Gasteiger partial charge in [0.25, 0.3) is 0 Å². The molecule has 1 saturated carbocycles. The number of rotatable bonds is 9. The van der Waals surface area contributed by atoms with Crippen LogP contribution in [0.1, 0.15) is 32.1 Å². The van der Waals surface area contributed by atoms with E-state index < -0.39 is 12.0 Å². The van der Waals surface area contributed by atoms with Gasteiger partial charge in [-0.3, -0.25) is 4.79 Å². The number of hydrogen-bond donors (Lipinski definition) is 2. The Kier molecular flexibility index (Phi) is 6.24. The standard InChI is InChI=1S/C16H20BrNO4/c17-12-4-1-2-5-14(12)22-9-3-6-15(19)18-13(16(20)21)10-11-7-8-11/h1-2,4-5,11,13H,3,6-10H2,(H,18,19)(H,20,21). The zero-order chi connectivity index (χ0) is 15.9. The van der Waals surface area contributed by atoms with Gasteiger partial charge < -0.3 is 15.2 Å². The molecule has 1 aromatic carbocycles. The first-order valence-corrected chi connectivity index (χ1v) is 8.25. The topological polar surface area (TPSA) is 75.6 Å². The number of aliphatic carboxylic acids is 1. The van der Waals surface area contributed by atoms with Crippen molar-refractivity contribution in [3.8, 4) is 5.75 Å². The van der Waals surface area contributed by atoms with Gasteiger partial charge in [0.05, 0.1) is 11.1 Å². The minimum Gasteiger partial charge on any atom is -0.492 e. The van der Waals surface area contributed by atoms with E-state index >= 15 is 0 Å². The Morgan fingerprint density at radius 1 is 1.36 bits per heavy atom. The van der Waals surface area contributed by atoms with Gasteiger partial charge in [-0.2, -0.15) is 0 Å². The molecule has 6 heteroatoms. The highest BCUT2D eigenvalue weighted by molar-refractivity contribution is 9.10. The summed E-state index contributed by atoms with van der Waals surface area (Å²) in [6.45, 7) is 0.413. The lowest BCUT2D eigenvalue weighted by atomic mass is 10.1. The van der Waals surface area contributed by atoms with Crippen molar-refractivity contribution in [3.05, 3.63) is 28.7 Å². The van der Waals surface area contributed by atoms with Gasteiger partial charge in [-0.05, 0) is 46.8 Å². The highest BCUT2D eigenvalue weighted by Gasteiger charge is 2.29. The van der Waals surface area contributed by atoms with Crippen molar-refractivity contribution in [2.45, 2.75) is 38.1 Å². The van der Waals surface area contributed by atoms with E-state index in [1.807, 2.05) is 24.3 Å². The molecular weight excluding hydrogens is 350 g/mol. The lowest BCUT2D eigenvalue weighted by molar-refractivity contribution is -0.142. The molecule has 0 aliphatic heterocycles. The van der Waals surface area contributed by atoms with Crippen LogP contribution >= 0.6 is 15.9 Å². The number of nitrogens with one attached hydrogen (secondary N) is 1. The third-order valence-corrected chi connectivity index (χ3v) is 4.20. The first-order chi connectivity index (χ1) is 10.6. The average Bonchev–Trinajstić information content (AvgIpc) is 3.28. The van der Waals surface area contributed by atoms with Gasteiger partial charge in [0.1, 0.15) is 11.8 Å². The highest BCUT2D eigenvalue weighted by Crippen LogP contribution is 2.33. The Hall–Kier alpha value is -1.56. The molecule has 0 saturated heterocycles. The van der Waals surface area contributed by atoms with E-state index in [2.05, 4.69) is 21.2 Å². The maximum absolute atomic E-state index is 11.8. The maximum Gasteiger partial charge on any atom is 0.326 e. The fourth-order valence-corrected chi connectivity index (χ4v) is 2.55. The predicted molar refractivity (Wildman–Crippen MR) is 85.8 cm³/mol. The predicted octanol–water partition coefficient (Wildman–Crippen LogP) is 2.98. The molecule has 1 atom stereocenters. The van der Waals surface area contributed by atoms with Crippen molar-refractivity contribution >= 4 is 27.8 Å². The molecule has 0 radical (unpaired) electrons. The lowest BCUT2D eigenvalue weighted by Gasteiger charge is -2.14. The van der Waals surface area contributed by atoms with E-state index in [1.54, 1.807) is 0 Å². The molecule has 120 valence electrons. The number of para-hydroxylation sites is 1. The minimum atomic E-state index is -0.954. The second-order valence-corrected chi connectivity index (χ2v) is 6.37. The third kappa shape index (κ3) is 5.67. The van der Waals surface area contributed by atoms with E-state index in [-0.39, 0.29) is 12.3 Å². The SMILES string of the molecule is O=C(CCCOc1ccccc1Br)NC(CC1CC1)C(=O)O. The number of carbonyl (C=O) groups is 2. The van der Waals surface area contributed by atoms with Crippen LogP contribution in [0.25, 0.3) is 0 Å². The first kappa shape index (κ1) is 16.8. The number of carboxylic acids is 1. The van der Waals surface area contributed by atoms with Crippen molar-refractivity contribution in [2.75, 3.05) is 6.61 Å². The summed E-state index contributed by atoms with van der Waals surface area (Å²) in [7, 11) is 0. The van der Waals surface area contributed by atoms with Gasteiger partial charge in [0.15, 0.2) is 0 Å². The van der Waals surface area contributed by atoms with E-state index in [0.717, 1.165) is 23.1 Å². The fraction of sp³-hybridized carbons (Fsp3) is 0.500. The van der Waals surface area contributed by atoms with Crippen molar-refractivity contribution in [2.24, 2.45) is 5.92 Å². The van der Waals surface area contributed by atoms with Gasteiger partial charge in [0.2, 0.25) is 5.91 Å². The minimum absolute atomic E-state index is 0.233. The summed E-state index contributed by atoms with van der Waals surface area (Å²) >= 11 is 3.39. The van der Waals surface area contributed by atoms with E-state index in [9.17, 15) is 9.59 Å². The number of carboxylic acid groups (broad SMARTS) is 1. The summed E-state index contributed by atoms with van der Waals surface area (Å²) in [5.41, 5.74) is 0. The quantitative estimate of drug-likeness (QED) is 0.656. The van der Waals surface area contributed by atoms with Crippen LogP contribution in [0.15, 0.2) is 28.7 Å². The van der Waals surface area contributed by atoms with Crippen molar-refractivity contribution in [3.63, 3.8) is 0 Å². The van der Waals surface area contributed by atoms with E-state index in [0.29, 0.717) is 25.4 Å². The molecule has 22 heavy (non-hydrogen) atoms. The van der Waals surface area contributed by atoms with Crippen LogP contribution in [0.5, 0.6) is 5.75 Å². The summed E-state index contributed by atoms with van der Waals surface area (Å²) in [6.07, 6.45) is 3.48. The molecule has 0 aromatic heterocycles. The fourth-order valence-electron chi connectivity index (χ4n) is 2.15. The largest absolute Gasteiger partial charge is 0.492 e. The molecule has 1 aliphatic rings. The number of amides is 1. The summed E-state index contributed by atoms with van der Waals surface area (Å²) in [6, 6.07) is 6.75. The molecular formula is C16H20BrNO4. The summed E-state index contributed by atoms with van der Waals surface area (Å²) in [4.78, 5) is 22.9. The molecule has 1 unspecified atom stereocenters. The van der Waals surface area contributed by atoms with Gasteiger partial charge in [-0.15, -0.1) is 0 Å². The molecule has 1 fully saturated rings. The van der Waals surface area contributed by atoms with Crippen LogP contribution in [0.3, 0.4) is 0 Å². The summed E-state index contributed by atoms with van der Waals surface area (Å²) in [5.74, 6) is 0.00807. The Balaban J connectivity index is 1.66. The molecule has 0 bridgehead atoms. The second kappa shape index (κ2) is 8.17. The molecule has 2 rings (SSSR count). The molecule has 5 nitrogen and oxygen atoms in total. The number of hydrogen-bond acceptors (Lipinski definition) is 3. The van der Waals surface area contributed by atoms with Crippen molar-refractivity contribution < 1.29 is 19.4 Å². The summed E-state index contributed by atoms with van der Waals surface area (Å²) < 4.78 is 6.44. The van der Waals surface area contributed by atoms with Gasteiger partial charge in [0, 0.05) is 6.42 Å². The summed E-state index contributed by atoms with van der Waals surface area (Å²) in [5, 5.41) is 11.7. The smallest absolute Gasteiger partial charge is 0.326 e. The van der Waals surface area contributed by atoms with Crippen molar-refractivity contribution in [1.29, 1.82) is 0 Å². The zero-order valence-electron chi connectivity index (χ0n) is 12.3. The van der Waals surface area contributed by atoms with Crippen LogP contribution in [0.4, 0.5) is 0 Å². The molecule has 1 aliphatic carbocycles. The Morgan fingerprint density at radius 2 is 2.09 bits per heavy atom. The van der Waals surface area contributed by atoms with Gasteiger partial charge in [-0.1, -0.05) is 25.0 Å². The number of ether oxygens (including phenoxy) is 1. The third-order valence-electron chi connectivity index (χ3n) is 3.54. The zero-order valence-corrected chi connectivity index (χ0v) is 13.8. The Morgan fingerprint density at radius 3 is 2.73 bits per heavy atom. The van der Waals surface area contributed by atoms with Crippen molar-refractivity contribution in [1.82, 2.24) is 5.32 Å². The van der Waals surface area contributed by atoms with Crippen LogP contribution < -0.4 is 10.1 Å². The van der Waals surface area contributed by atoms with Crippen LogP contribution in [-0.2, 0) is 9.59 Å². The number of carbonyl (C=O) groups excluding carboxylic acids is 1. The molecule has 1 aromatic rings. The second-order valence-electron chi connectivity index (χ2n) is 5.52.